The number of nitrogens with zero attached hydrogens (tertiary/aromatic N) is 1. The summed E-state index contributed by atoms with van der Waals surface area (Å²) in [7, 11) is 0. The van der Waals surface area contributed by atoms with E-state index in [9.17, 15) is 4.79 Å². The number of benzene rings is 1. The Bertz CT molecular complexity index is 450. The van der Waals surface area contributed by atoms with E-state index in [1.807, 2.05) is 6.92 Å². The van der Waals surface area contributed by atoms with E-state index < -0.39 is 0 Å². The highest BCUT2D eigenvalue weighted by molar-refractivity contribution is 5.84. The molecule has 1 amide bonds. The number of carbonyl (C=O) groups is 1. The molecular weight excluding hydrogens is 224 g/mol. The van der Waals surface area contributed by atoms with Crippen LogP contribution in [0.5, 0.6) is 0 Å². The van der Waals surface area contributed by atoms with Gasteiger partial charge in [0.1, 0.15) is 6.17 Å². The average molecular weight is 244 g/mol. The van der Waals surface area contributed by atoms with E-state index in [4.69, 9.17) is 0 Å². The molecule has 2 atom stereocenters. The number of rotatable bonds is 2. The lowest BCUT2D eigenvalue weighted by atomic mass is 9.90. The third-order valence-electron chi connectivity index (χ3n) is 4.17. The van der Waals surface area contributed by atoms with Crippen molar-refractivity contribution in [1.29, 1.82) is 0 Å². The van der Waals surface area contributed by atoms with E-state index in [0.717, 1.165) is 12.8 Å². The number of carbonyl (C=O) groups excluding carboxylic acids is 1. The van der Waals surface area contributed by atoms with Gasteiger partial charge >= 0.3 is 0 Å². The fourth-order valence-electron chi connectivity index (χ4n) is 2.80. The Morgan fingerprint density at radius 2 is 1.89 bits per heavy atom. The summed E-state index contributed by atoms with van der Waals surface area (Å²) < 4.78 is 0. The highest BCUT2D eigenvalue weighted by atomic mass is 16.2. The molecule has 0 aromatic heterocycles. The van der Waals surface area contributed by atoms with Crippen LogP contribution in [0.2, 0.25) is 0 Å². The Morgan fingerprint density at radius 3 is 2.44 bits per heavy atom. The van der Waals surface area contributed by atoms with Gasteiger partial charge in [0.25, 0.3) is 0 Å². The Morgan fingerprint density at radius 1 is 1.22 bits per heavy atom. The topological polar surface area (TPSA) is 32.3 Å². The van der Waals surface area contributed by atoms with E-state index in [2.05, 4.69) is 41.4 Å². The van der Waals surface area contributed by atoms with Crippen LogP contribution < -0.4 is 5.32 Å². The first-order valence-corrected chi connectivity index (χ1v) is 6.81. The van der Waals surface area contributed by atoms with Crippen molar-refractivity contribution in [2.75, 3.05) is 0 Å². The smallest absolute Gasteiger partial charge is 0.241 e. The van der Waals surface area contributed by atoms with Crippen molar-refractivity contribution in [2.45, 2.75) is 51.4 Å². The van der Waals surface area contributed by atoms with Gasteiger partial charge in [-0.25, -0.2) is 0 Å². The Balaban J connectivity index is 1.89. The summed E-state index contributed by atoms with van der Waals surface area (Å²) in [5.41, 5.74) is 2.46. The minimum absolute atomic E-state index is 0.0584. The standard InChI is InChI=1S/C15H20N2O/c1-10-6-8-12(9-7-10)14-16-11(2)15(18)17(14)13-4-3-5-13/h6-9,11,13-14,16H,3-5H2,1-2H3. The highest BCUT2D eigenvalue weighted by Gasteiger charge is 2.42. The third-order valence-corrected chi connectivity index (χ3v) is 4.17. The molecule has 0 radical (unpaired) electrons. The van der Waals surface area contributed by atoms with E-state index >= 15 is 0 Å². The molecule has 0 spiro atoms. The first-order chi connectivity index (χ1) is 8.66. The van der Waals surface area contributed by atoms with Gasteiger partial charge < -0.3 is 4.90 Å². The molecule has 1 aliphatic carbocycles. The molecule has 18 heavy (non-hydrogen) atoms. The summed E-state index contributed by atoms with van der Waals surface area (Å²) in [6.07, 6.45) is 3.63. The second-order valence-electron chi connectivity index (χ2n) is 5.53. The third kappa shape index (κ3) is 1.83. The van der Waals surface area contributed by atoms with Gasteiger partial charge in [0.15, 0.2) is 0 Å². The zero-order valence-corrected chi connectivity index (χ0v) is 11.0. The summed E-state index contributed by atoms with van der Waals surface area (Å²) in [6, 6.07) is 8.87. The molecule has 1 aromatic rings. The molecule has 3 heteroatoms. The number of hydrogen-bond acceptors (Lipinski definition) is 2. The molecule has 1 aromatic carbocycles. The number of hydrogen-bond donors (Lipinski definition) is 1. The maximum atomic E-state index is 12.3. The van der Waals surface area contributed by atoms with Crippen molar-refractivity contribution in [3.05, 3.63) is 35.4 Å². The largest absolute Gasteiger partial charge is 0.319 e. The first-order valence-electron chi connectivity index (χ1n) is 6.81. The van der Waals surface area contributed by atoms with Crippen LogP contribution in [-0.2, 0) is 4.79 Å². The number of aryl methyl sites for hydroxylation is 1. The Kier molecular flexibility index (Phi) is 2.86. The highest BCUT2D eigenvalue weighted by Crippen LogP contribution is 2.35. The lowest BCUT2D eigenvalue weighted by Gasteiger charge is -2.38. The van der Waals surface area contributed by atoms with Crippen LogP contribution in [0, 0.1) is 6.92 Å². The zero-order valence-electron chi connectivity index (χ0n) is 11.0. The minimum Gasteiger partial charge on any atom is -0.319 e. The van der Waals surface area contributed by atoms with E-state index in [0.29, 0.717) is 6.04 Å². The maximum Gasteiger partial charge on any atom is 0.241 e. The summed E-state index contributed by atoms with van der Waals surface area (Å²) in [5.74, 6) is 0.255. The van der Waals surface area contributed by atoms with Crippen LogP contribution in [-0.4, -0.2) is 22.9 Å². The van der Waals surface area contributed by atoms with Gasteiger partial charge in [0.05, 0.1) is 6.04 Å². The zero-order chi connectivity index (χ0) is 12.7. The van der Waals surface area contributed by atoms with Crippen molar-refractivity contribution in [1.82, 2.24) is 10.2 Å². The van der Waals surface area contributed by atoms with Crippen molar-refractivity contribution in [2.24, 2.45) is 0 Å². The van der Waals surface area contributed by atoms with Crippen molar-refractivity contribution >= 4 is 5.91 Å². The van der Waals surface area contributed by atoms with Crippen LogP contribution in [0.1, 0.15) is 43.5 Å². The van der Waals surface area contributed by atoms with Crippen LogP contribution in [0.3, 0.4) is 0 Å². The maximum absolute atomic E-state index is 12.3. The van der Waals surface area contributed by atoms with Crippen LogP contribution in [0.4, 0.5) is 0 Å². The Hall–Kier alpha value is -1.35. The van der Waals surface area contributed by atoms with Gasteiger partial charge in [0.2, 0.25) is 5.91 Å². The normalized spacial score (nSPS) is 28.6. The van der Waals surface area contributed by atoms with Gasteiger partial charge in [-0.2, -0.15) is 0 Å². The molecule has 1 N–H and O–H groups in total. The summed E-state index contributed by atoms with van der Waals surface area (Å²) in [4.78, 5) is 14.3. The van der Waals surface area contributed by atoms with E-state index in [1.165, 1.54) is 17.5 Å². The SMILES string of the molecule is Cc1ccc(C2NC(C)C(=O)N2C2CCC2)cc1. The monoisotopic (exact) mass is 244 g/mol. The molecule has 1 saturated carbocycles. The molecule has 3 rings (SSSR count). The van der Waals surface area contributed by atoms with Gasteiger partial charge in [-0.3, -0.25) is 10.1 Å². The summed E-state index contributed by atoms with van der Waals surface area (Å²) in [5, 5.41) is 3.41. The van der Waals surface area contributed by atoms with Crippen LogP contribution in [0.15, 0.2) is 24.3 Å². The van der Waals surface area contributed by atoms with Gasteiger partial charge in [-0.05, 0) is 38.7 Å². The molecule has 1 heterocycles. The number of nitrogens with one attached hydrogen (secondary N) is 1. The first kappa shape index (κ1) is 11.7. The average Bonchev–Trinajstić information content (AvgIpc) is 2.57. The fourth-order valence-corrected chi connectivity index (χ4v) is 2.80. The molecule has 3 nitrogen and oxygen atoms in total. The van der Waals surface area contributed by atoms with E-state index in [-0.39, 0.29) is 18.1 Å². The predicted molar refractivity (Wildman–Crippen MR) is 71.0 cm³/mol. The molecule has 2 aliphatic rings. The molecule has 1 saturated heterocycles. The summed E-state index contributed by atoms with van der Waals surface area (Å²) >= 11 is 0. The summed E-state index contributed by atoms with van der Waals surface area (Å²) in [6.45, 7) is 4.05. The minimum atomic E-state index is -0.0584. The molecular formula is C15H20N2O. The molecule has 96 valence electrons. The van der Waals surface area contributed by atoms with Crippen molar-refractivity contribution in [3.8, 4) is 0 Å². The number of amides is 1. The van der Waals surface area contributed by atoms with Gasteiger partial charge in [-0.1, -0.05) is 29.8 Å². The van der Waals surface area contributed by atoms with Crippen molar-refractivity contribution < 1.29 is 4.79 Å². The second kappa shape index (κ2) is 4.39. The van der Waals surface area contributed by atoms with Gasteiger partial charge in [-0.15, -0.1) is 0 Å². The second-order valence-corrected chi connectivity index (χ2v) is 5.53. The van der Waals surface area contributed by atoms with Crippen LogP contribution in [0.25, 0.3) is 0 Å². The Labute approximate surface area is 108 Å². The molecule has 1 aliphatic heterocycles. The lowest BCUT2D eigenvalue weighted by molar-refractivity contribution is -0.133. The quantitative estimate of drug-likeness (QED) is 0.866. The molecule has 2 unspecified atom stereocenters. The fraction of sp³-hybridized carbons (Fsp3) is 0.533. The lowest BCUT2D eigenvalue weighted by Crippen LogP contribution is -2.43. The van der Waals surface area contributed by atoms with Gasteiger partial charge in [0, 0.05) is 6.04 Å². The van der Waals surface area contributed by atoms with E-state index in [1.54, 1.807) is 0 Å². The molecule has 0 bridgehead atoms. The van der Waals surface area contributed by atoms with Crippen LogP contribution >= 0.6 is 0 Å². The predicted octanol–water partition coefficient (Wildman–Crippen LogP) is 2.37. The van der Waals surface area contributed by atoms with Crippen molar-refractivity contribution in [3.63, 3.8) is 0 Å². The molecule has 2 fully saturated rings.